The van der Waals surface area contributed by atoms with Crippen LogP contribution >= 0.6 is 0 Å². The summed E-state index contributed by atoms with van der Waals surface area (Å²) in [5, 5.41) is 17.3. The van der Waals surface area contributed by atoms with Gasteiger partial charge in [-0.15, -0.1) is 5.10 Å². The van der Waals surface area contributed by atoms with Gasteiger partial charge in [-0.25, -0.2) is 4.68 Å². The van der Waals surface area contributed by atoms with Gasteiger partial charge >= 0.3 is 0 Å². The third-order valence-corrected chi connectivity index (χ3v) is 2.91. The number of nitrogens with zero attached hydrogens (tertiary/aromatic N) is 3. The molecule has 90 valence electrons. The van der Waals surface area contributed by atoms with Crippen LogP contribution in [-0.4, -0.2) is 26.7 Å². The van der Waals surface area contributed by atoms with E-state index in [1.54, 1.807) is 0 Å². The molecule has 4 nitrogen and oxygen atoms in total. The SMILES string of the molecule is CC(C)(CCO)n1cc(-c2ccccc2)nn1. The second kappa shape index (κ2) is 4.67. The minimum atomic E-state index is -0.214. The predicted octanol–water partition coefficient (Wildman–Crippen LogP) is 2.06. The van der Waals surface area contributed by atoms with Crippen molar-refractivity contribution in [2.45, 2.75) is 25.8 Å². The second-order valence-electron chi connectivity index (χ2n) is 4.70. The van der Waals surface area contributed by atoms with Gasteiger partial charge in [-0.2, -0.15) is 0 Å². The van der Waals surface area contributed by atoms with Crippen LogP contribution in [0, 0.1) is 0 Å². The van der Waals surface area contributed by atoms with Crippen LogP contribution in [0.4, 0.5) is 0 Å². The number of hydrogen-bond donors (Lipinski definition) is 1. The summed E-state index contributed by atoms with van der Waals surface area (Å²) in [6.07, 6.45) is 2.58. The molecule has 17 heavy (non-hydrogen) atoms. The fourth-order valence-corrected chi connectivity index (χ4v) is 1.69. The molecule has 0 bridgehead atoms. The first kappa shape index (κ1) is 11.8. The Morgan fingerprint density at radius 3 is 2.59 bits per heavy atom. The summed E-state index contributed by atoms with van der Waals surface area (Å²) in [5.41, 5.74) is 1.70. The van der Waals surface area contributed by atoms with Gasteiger partial charge in [0.05, 0.1) is 11.7 Å². The normalized spacial score (nSPS) is 11.7. The van der Waals surface area contributed by atoms with Crippen LogP contribution in [0.25, 0.3) is 11.3 Å². The molecule has 2 aromatic rings. The van der Waals surface area contributed by atoms with Gasteiger partial charge in [0.2, 0.25) is 0 Å². The Labute approximate surface area is 101 Å². The molecule has 0 amide bonds. The Balaban J connectivity index is 2.28. The predicted molar refractivity (Wildman–Crippen MR) is 66.5 cm³/mol. The maximum atomic E-state index is 9.03. The fourth-order valence-electron chi connectivity index (χ4n) is 1.69. The highest BCUT2D eigenvalue weighted by atomic mass is 16.3. The zero-order valence-corrected chi connectivity index (χ0v) is 10.2. The molecule has 1 heterocycles. The van der Waals surface area contributed by atoms with E-state index >= 15 is 0 Å². The van der Waals surface area contributed by atoms with Crippen molar-refractivity contribution in [3.05, 3.63) is 36.5 Å². The van der Waals surface area contributed by atoms with Gasteiger partial charge in [0.25, 0.3) is 0 Å². The maximum absolute atomic E-state index is 9.03. The summed E-state index contributed by atoms with van der Waals surface area (Å²) in [7, 11) is 0. The van der Waals surface area contributed by atoms with Crippen LogP contribution in [0.15, 0.2) is 36.5 Å². The fraction of sp³-hybridized carbons (Fsp3) is 0.385. The van der Waals surface area contributed by atoms with Gasteiger partial charge in [0.1, 0.15) is 5.69 Å². The van der Waals surface area contributed by atoms with Gasteiger partial charge in [-0.1, -0.05) is 35.5 Å². The Bertz CT molecular complexity index is 476. The van der Waals surface area contributed by atoms with Crippen LogP contribution in [0.1, 0.15) is 20.3 Å². The Hall–Kier alpha value is -1.68. The van der Waals surface area contributed by atoms with Gasteiger partial charge in [0, 0.05) is 12.2 Å². The third kappa shape index (κ3) is 2.53. The molecule has 0 saturated carbocycles. The molecular weight excluding hydrogens is 214 g/mol. The summed E-state index contributed by atoms with van der Waals surface area (Å²) in [5.74, 6) is 0. The lowest BCUT2D eigenvalue weighted by Crippen LogP contribution is -2.28. The van der Waals surface area contributed by atoms with E-state index in [9.17, 15) is 0 Å². The first-order chi connectivity index (χ1) is 8.13. The monoisotopic (exact) mass is 231 g/mol. The van der Waals surface area contributed by atoms with E-state index in [1.807, 2.05) is 55.1 Å². The maximum Gasteiger partial charge on any atom is 0.113 e. The lowest BCUT2D eigenvalue weighted by atomic mass is 10.0. The first-order valence-electron chi connectivity index (χ1n) is 5.72. The number of aliphatic hydroxyl groups is 1. The molecule has 0 unspecified atom stereocenters. The molecular formula is C13H17N3O. The summed E-state index contributed by atoms with van der Waals surface area (Å²) in [6.45, 7) is 4.22. The van der Waals surface area contributed by atoms with Crippen molar-refractivity contribution in [3.8, 4) is 11.3 Å². The molecule has 1 aromatic heterocycles. The van der Waals surface area contributed by atoms with Gasteiger partial charge in [-0.05, 0) is 20.3 Å². The average Bonchev–Trinajstić information content (AvgIpc) is 2.80. The molecule has 1 aromatic carbocycles. The Morgan fingerprint density at radius 1 is 1.24 bits per heavy atom. The third-order valence-electron chi connectivity index (χ3n) is 2.91. The lowest BCUT2D eigenvalue weighted by molar-refractivity contribution is 0.199. The van der Waals surface area contributed by atoms with Gasteiger partial charge < -0.3 is 5.11 Å². The minimum absolute atomic E-state index is 0.146. The van der Waals surface area contributed by atoms with Crippen molar-refractivity contribution in [2.75, 3.05) is 6.61 Å². The number of rotatable bonds is 4. The summed E-state index contributed by atoms with van der Waals surface area (Å²) >= 11 is 0. The topological polar surface area (TPSA) is 50.9 Å². The van der Waals surface area contributed by atoms with E-state index in [-0.39, 0.29) is 12.1 Å². The minimum Gasteiger partial charge on any atom is -0.396 e. The summed E-state index contributed by atoms with van der Waals surface area (Å²) < 4.78 is 1.81. The van der Waals surface area contributed by atoms with E-state index in [4.69, 9.17) is 5.11 Å². The number of hydrogen-bond acceptors (Lipinski definition) is 3. The molecule has 0 fully saturated rings. The van der Waals surface area contributed by atoms with E-state index < -0.39 is 0 Å². The van der Waals surface area contributed by atoms with Crippen molar-refractivity contribution in [2.24, 2.45) is 0 Å². The molecule has 0 atom stereocenters. The van der Waals surface area contributed by atoms with Gasteiger partial charge in [-0.3, -0.25) is 0 Å². The van der Waals surface area contributed by atoms with E-state index in [2.05, 4.69) is 10.3 Å². The van der Waals surface area contributed by atoms with E-state index in [0.717, 1.165) is 11.3 Å². The van der Waals surface area contributed by atoms with Crippen molar-refractivity contribution in [1.82, 2.24) is 15.0 Å². The zero-order valence-electron chi connectivity index (χ0n) is 10.2. The zero-order chi connectivity index (χ0) is 12.3. The molecule has 1 N–H and O–H groups in total. The number of benzene rings is 1. The summed E-state index contributed by atoms with van der Waals surface area (Å²) in [4.78, 5) is 0. The molecule has 2 rings (SSSR count). The summed E-state index contributed by atoms with van der Waals surface area (Å²) in [6, 6.07) is 9.95. The lowest BCUT2D eigenvalue weighted by Gasteiger charge is -2.23. The number of aliphatic hydroxyl groups excluding tert-OH is 1. The van der Waals surface area contributed by atoms with Crippen LogP contribution in [0.2, 0.25) is 0 Å². The highest BCUT2D eigenvalue weighted by Crippen LogP contribution is 2.21. The molecule has 0 aliphatic rings. The standard InChI is InChI=1S/C13H17N3O/c1-13(2,8-9-17)16-10-12(14-15-16)11-6-4-3-5-7-11/h3-7,10,17H,8-9H2,1-2H3. The van der Waals surface area contributed by atoms with Crippen molar-refractivity contribution in [1.29, 1.82) is 0 Å². The number of aromatic nitrogens is 3. The average molecular weight is 231 g/mol. The van der Waals surface area contributed by atoms with Gasteiger partial charge in [0.15, 0.2) is 0 Å². The Morgan fingerprint density at radius 2 is 1.94 bits per heavy atom. The van der Waals surface area contributed by atoms with Crippen LogP contribution < -0.4 is 0 Å². The van der Waals surface area contributed by atoms with Crippen molar-refractivity contribution >= 4 is 0 Å². The van der Waals surface area contributed by atoms with E-state index in [0.29, 0.717) is 6.42 Å². The highest BCUT2D eigenvalue weighted by Gasteiger charge is 2.21. The van der Waals surface area contributed by atoms with E-state index in [1.165, 1.54) is 0 Å². The highest BCUT2D eigenvalue weighted by molar-refractivity contribution is 5.57. The van der Waals surface area contributed by atoms with Crippen molar-refractivity contribution < 1.29 is 5.11 Å². The second-order valence-corrected chi connectivity index (χ2v) is 4.70. The first-order valence-corrected chi connectivity index (χ1v) is 5.72. The van der Waals surface area contributed by atoms with Crippen molar-refractivity contribution in [3.63, 3.8) is 0 Å². The molecule has 4 heteroatoms. The smallest absolute Gasteiger partial charge is 0.113 e. The Kier molecular flexibility index (Phi) is 3.24. The van der Waals surface area contributed by atoms with Crippen LogP contribution in [0.5, 0.6) is 0 Å². The quantitative estimate of drug-likeness (QED) is 0.876. The molecule has 0 radical (unpaired) electrons. The molecule has 0 saturated heterocycles. The van der Waals surface area contributed by atoms with Crippen LogP contribution in [0.3, 0.4) is 0 Å². The molecule has 0 aliphatic heterocycles. The molecule has 0 aliphatic carbocycles. The molecule has 0 spiro atoms. The van der Waals surface area contributed by atoms with Crippen LogP contribution in [-0.2, 0) is 5.54 Å². The largest absolute Gasteiger partial charge is 0.396 e.